The van der Waals surface area contributed by atoms with Gasteiger partial charge in [0.2, 0.25) is 0 Å². The molecule has 3 aromatic rings. The van der Waals surface area contributed by atoms with Crippen LogP contribution < -0.4 is 5.32 Å². The van der Waals surface area contributed by atoms with Gasteiger partial charge in [-0.15, -0.1) is 0 Å². The van der Waals surface area contributed by atoms with Crippen molar-refractivity contribution in [1.82, 2.24) is 5.32 Å². The third kappa shape index (κ3) is 5.60. The molecule has 8 heteroatoms. The van der Waals surface area contributed by atoms with Crippen LogP contribution in [0.4, 0.5) is 18.0 Å². The highest BCUT2D eigenvalue weighted by atomic mass is 32.1. The first-order chi connectivity index (χ1) is 17.4. The number of hydrogen-bond acceptors (Lipinski definition) is 3. The van der Waals surface area contributed by atoms with E-state index in [0.29, 0.717) is 12.0 Å². The molecule has 1 aromatic heterocycles. The van der Waals surface area contributed by atoms with Gasteiger partial charge in [0.05, 0.1) is 25.7 Å². The number of rotatable bonds is 8. The standard InChI is InChI=1S/C28H29F3N2O2S/c29-23-16-25(31)24(30)15-22(23)26(14-20-9-13-36-18-20)32-28(34)35-27-17-33(11-7-21(27)8-12-33)10-6-19-4-2-1-3-5-19/h1-5,9,13,15-16,18,21,26-27H,6-8,10-12,14,17H2/p+1/t21?,26?,27-,33?/m0/s1. The molecule has 2 atom stereocenters. The Hall–Kier alpha value is -2.84. The Balaban J connectivity index is 1.27. The first-order valence-electron chi connectivity index (χ1n) is 12.4. The summed E-state index contributed by atoms with van der Waals surface area (Å²) in [5.41, 5.74) is 2.07. The SMILES string of the molecule is O=C(NC(Cc1ccsc1)c1cc(F)c(F)cc1F)O[C@H]1C[N+]2(CCc3ccccc3)CCC1CC2. The van der Waals surface area contributed by atoms with Gasteiger partial charge in [-0.2, -0.15) is 11.3 Å². The number of hydrogen-bond donors (Lipinski definition) is 1. The lowest BCUT2D eigenvalue weighted by atomic mass is 9.83. The van der Waals surface area contributed by atoms with Crippen molar-refractivity contribution in [3.05, 3.63) is 93.4 Å². The lowest BCUT2D eigenvalue weighted by Crippen LogP contribution is -2.65. The number of benzene rings is 2. The van der Waals surface area contributed by atoms with Crippen LogP contribution in [0.3, 0.4) is 0 Å². The highest BCUT2D eigenvalue weighted by Crippen LogP contribution is 2.36. The van der Waals surface area contributed by atoms with Crippen molar-refractivity contribution in [2.75, 3.05) is 26.2 Å². The van der Waals surface area contributed by atoms with Crippen LogP contribution in [0.5, 0.6) is 0 Å². The highest BCUT2D eigenvalue weighted by molar-refractivity contribution is 7.07. The maximum atomic E-state index is 14.6. The number of fused-ring (bicyclic) bond motifs is 3. The van der Waals surface area contributed by atoms with E-state index in [4.69, 9.17) is 4.74 Å². The smallest absolute Gasteiger partial charge is 0.408 e. The minimum absolute atomic E-state index is 0.0997. The van der Waals surface area contributed by atoms with E-state index in [1.54, 1.807) is 0 Å². The molecule has 3 fully saturated rings. The van der Waals surface area contributed by atoms with Crippen molar-refractivity contribution in [3.8, 4) is 0 Å². The van der Waals surface area contributed by atoms with Crippen LogP contribution in [0.25, 0.3) is 0 Å². The summed E-state index contributed by atoms with van der Waals surface area (Å²) in [7, 11) is 0. The normalized spacial score (nSPS) is 23.9. The fourth-order valence-electron chi connectivity index (χ4n) is 5.68. The Kier molecular flexibility index (Phi) is 7.34. The Labute approximate surface area is 213 Å². The number of carbonyl (C=O) groups excluding carboxylic acids is 1. The number of ether oxygens (including phenoxy) is 1. The summed E-state index contributed by atoms with van der Waals surface area (Å²) in [6, 6.07) is 12.7. The predicted molar refractivity (Wildman–Crippen MR) is 133 cm³/mol. The van der Waals surface area contributed by atoms with Crippen LogP contribution in [0.2, 0.25) is 0 Å². The summed E-state index contributed by atoms with van der Waals surface area (Å²) in [6.45, 7) is 3.93. The van der Waals surface area contributed by atoms with Crippen molar-refractivity contribution in [2.24, 2.45) is 5.92 Å². The minimum atomic E-state index is -1.26. The summed E-state index contributed by atoms with van der Waals surface area (Å²) in [5.74, 6) is -3.01. The van der Waals surface area contributed by atoms with E-state index >= 15 is 0 Å². The van der Waals surface area contributed by atoms with Gasteiger partial charge in [-0.25, -0.2) is 18.0 Å². The van der Waals surface area contributed by atoms with E-state index < -0.39 is 29.6 Å². The summed E-state index contributed by atoms with van der Waals surface area (Å²) >= 11 is 1.47. The summed E-state index contributed by atoms with van der Waals surface area (Å²) < 4.78 is 49.0. The number of alkyl carbamates (subject to hydrolysis) is 1. The monoisotopic (exact) mass is 515 g/mol. The maximum Gasteiger partial charge on any atom is 0.408 e. The molecule has 0 saturated carbocycles. The minimum Gasteiger partial charge on any atom is -0.440 e. The second-order valence-electron chi connectivity index (χ2n) is 10.0. The first kappa shape index (κ1) is 24.8. The third-order valence-corrected chi connectivity index (χ3v) is 8.48. The van der Waals surface area contributed by atoms with Crippen LogP contribution >= 0.6 is 11.3 Å². The first-order valence-corrected chi connectivity index (χ1v) is 13.4. The van der Waals surface area contributed by atoms with Gasteiger partial charge < -0.3 is 14.5 Å². The van der Waals surface area contributed by atoms with Crippen LogP contribution in [-0.2, 0) is 17.6 Å². The molecular weight excluding hydrogens is 485 g/mol. The highest BCUT2D eigenvalue weighted by Gasteiger charge is 2.47. The molecule has 0 spiro atoms. The zero-order valence-corrected chi connectivity index (χ0v) is 20.8. The number of quaternary nitrogens is 1. The van der Waals surface area contributed by atoms with Crippen molar-refractivity contribution in [3.63, 3.8) is 0 Å². The number of amides is 1. The average Bonchev–Trinajstić information content (AvgIpc) is 3.39. The number of carbonyl (C=O) groups is 1. The van der Waals surface area contributed by atoms with Gasteiger partial charge in [0.25, 0.3) is 0 Å². The van der Waals surface area contributed by atoms with Crippen LogP contribution in [0.15, 0.2) is 59.3 Å². The summed E-state index contributed by atoms with van der Waals surface area (Å²) in [4.78, 5) is 13.0. The molecule has 4 nitrogen and oxygen atoms in total. The maximum absolute atomic E-state index is 14.6. The molecule has 1 amide bonds. The van der Waals surface area contributed by atoms with Crippen LogP contribution in [-0.4, -0.2) is 42.9 Å². The Bertz CT molecular complexity index is 1180. The quantitative estimate of drug-likeness (QED) is 0.294. The number of thiophene rings is 1. The van der Waals surface area contributed by atoms with Crippen molar-refractivity contribution >= 4 is 17.4 Å². The average molecular weight is 516 g/mol. The fourth-order valence-corrected chi connectivity index (χ4v) is 6.36. The molecule has 6 rings (SSSR count). The molecule has 3 aliphatic rings. The van der Waals surface area contributed by atoms with Crippen molar-refractivity contribution < 1.29 is 27.2 Å². The molecule has 0 aliphatic carbocycles. The lowest BCUT2D eigenvalue weighted by molar-refractivity contribution is -0.946. The number of nitrogens with one attached hydrogen (secondary N) is 1. The molecular formula is C28H30F3N2O2S+. The number of halogens is 3. The van der Waals surface area contributed by atoms with E-state index in [2.05, 4.69) is 29.6 Å². The Morgan fingerprint density at radius 1 is 1.03 bits per heavy atom. The Morgan fingerprint density at radius 2 is 1.78 bits per heavy atom. The van der Waals surface area contributed by atoms with E-state index in [-0.39, 0.29) is 18.1 Å². The van der Waals surface area contributed by atoms with Crippen LogP contribution in [0, 0.1) is 23.4 Å². The topological polar surface area (TPSA) is 38.3 Å². The lowest BCUT2D eigenvalue weighted by Gasteiger charge is -2.52. The van der Waals surface area contributed by atoms with Crippen LogP contribution in [0.1, 0.15) is 35.6 Å². The second kappa shape index (κ2) is 10.6. The van der Waals surface area contributed by atoms with E-state index in [1.807, 2.05) is 22.9 Å². The van der Waals surface area contributed by atoms with Gasteiger partial charge in [-0.3, -0.25) is 0 Å². The molecule has 4 heterocycles. The second-order valence-corrected chi connectivity index (χ2v) is 10.8. The molecule has 3 saturated heterocycles. The van der Waals surface area contributed by atoms with Gasteiger partial charge in [-0.1, -0.05) is 30.3 Å². The van der Waals surface area contributed by atoms with E-state index in [0.717, 1.165) is 61.6 Å². The molecule has 0 radical (unpaired) electrons. The van der Waals surface area contributed by atoms with Gasteiger partial charge in [0, 0.05) is 36.8 Å². The van der Waals surface area contributed by atoms with Crippen molar-refractivity contribution in [1.29, 1.82) is 0 Å². The molecule has 2 aromatic carbocycles. The van der Waals surface area contributed by atoms with E-state index in [9.17, 15) is 18.0 Å². The number of piperidine rings is 3. The van der Waals surface area contributed by atoms with Gasteiger partial charge in [-0.05, 0) is 40.4 Å². The molecule has 1 N–H and O–H groups in total. The summed E-state index contributed by atoms with van der Waals surface area (Å²) in [5, 5.41) is 6.50. The van der Waals surface area contributed by atoms with Gasteiger partial charge >= 0.3 is 6.09 Å². The molecule has 2 bridgehead atoms. The third-order valence-electron chi connectivity index (χ3n) is 7.74. The Morgan fingerprint density at radius 3 is 2.50 bits per heavy atom. The van der Waals surface area contributed by atoms with E-state index in [1.165, 1.54) is 16.9 Å². The molecule has 36 heavy (non-hydrogen) atoms. The predicted octanol–water partition coefficient (Wildman–Crippen LogP) is 6.03. The number of nitrogens with zero attached hydrogens (tertiary/aromatic N) is 1. The fraction of sp³-hybridized carbons (Fsp3) is 0.393. The van der Waals surface area contributed by atoms with Gasteiger partial charge in [0.15, 0.2) is 17.7 Å². The largest absolute Gasteiger partial charge is 0.440 e. The van der Waals surface area contributed by atoms with Gasteiger partial charge in [0.1, 0.15) is 12.4 Å². The molecule has 1 unspecified atom stereocenters. The molecule has 190 valence electrons. The summed E-state index contributed by atoms with van der Waals surface area (Å²) in [6.07, 6.45) is 2.35. The molecule has 3 aliphatic heterocycles. The zero-order valence-electron chi connectivity index (χ0n) is 20.0. The zero-order chi connectivity index (χ0) is 25.1. The van der Waals surface area contributed by atoms with Crippen molar-refractivity contribution in [2.45, 2.75) is 37.8 Å².